The molecule has 1 atom stereocenters. The normalized spacial score (nSPS) is 12.7. The summed E-state index contributed by atoms with van der Waals surface area (Å²) in [6.07, 6.45) is 0.959. The summed E-state index contributed by atoms with van der Waals surface area (Å²) in [6.45, 7) is 7.78. The Morgan fingerprint density at radius 2 is 1.58 bits per heavy atom. The number of hydrogen-bond donors (Lipinski definition) is 1. The SMILES string of the molecule is CC(C)Cc1ccc(C(=O)C(C(=O)O)C(C)C)cc1. The Bertz CT molecular complexity index is 444. The van der Waals surface area contributed by atoms with E-state index in [0.717, 1.165) is 6.42 Å². The highest BCUT2D eigenvalue weighted by Crippen LogP contribution is 2.19. The molecule has 0 fully saturated rings. The third-order valence-electron chi connectivity index (χ3n) is 3.10. The number of hydrogen-bond acceptors (Lipinski definition) is 2. The van der Waals surface area contributed by atoms with E-state index >= 15 is 0 Å². The van der Waals surface area contributed by atoms with Gasteiger partial charge in [0.1, 0.15) is 5.92 Å². The smallest absolute Gasteiger partial charge is 0.314 e. The molecule has 0 aromatic heterocycles. The van der Waals surface area contributed by atoms with Crippen LogP contribution in [0.4, 0.5) is 0 Å². The second kappa shape index (κ2) is 6.50. The lowest BCUT2D eigenvalue weighted by Gasteiger charge is -2.15. The van der Waals surface area contributed by atoms with E-state index in [-0.39, 0.29) is 11.7 Å². The lowest BCUT2D eigenvalue weighted by molar-refractivity contribution is -0.141. The second-order valence-corrected chi connectivity index (χ2v) is 5.72. The topological polar surface area (TPSA) is 54.4 Å². The van der Waals surface area contributed by atoms with Crippen molar-refractivity contribution in [2.75, 3.05) is 0 Å². The molecule has 0 saturated carbocycles. The molecule has 0 radical (unpaired) electrons. The van der Waals surface area contributed by atoms with E-state index in [1.54, 1.807) is 26.0 Å². The predicted octanol–water partition coefficient (Wildman–Crippen LogP) is 3.42. The maximum absolute atomic E-state index is 12.2. The molecule has 0 amide bonds. The molecule has 0 aliphatic carbocycles. The van der Waals surface area contributed by atoms with E-state index in [1.807, 2.05) is 12.1 Å². The molecule has 1 N–H and O–H groups in total. The van der Waals surface area contributed by atoms with E-state index < -0.39 is 11.9 Å². The van der Waals surface area contributed by atoms with Crippen molar-refractivity contribution in [3.05, 3.63) is 35.4 Å². The van der Waals surface area contributed by atoms with Crippen molar-refractivity contribution in [2.45, 2.75) is 34.1 Å². The number of carboxylic acids is 1. The van der Waals surface area contributed by atoms with Crippen molar-refractivity contribution >= 4 is 11.8 Å². The lowest BCUT2D eigenvalue weighted by atomic mass is 9.87. The number of ketones is 1. The molecular formula is C16H22O3. The van der Waals surface area contributed by atoms with Crippen LogP contribution in [0.25, 0.3) is 0 Å². The highest BCUT2D eigenvalue weighted by Gasteiger charge is 2.30. The average molecular weight is 262 g/mol. The molecule has 0 spiro atoms. The largest absolute Gasteiger partial charge is 0.481 e. The van der Waals surface area contributed by atoms with Gasteiger partial charge in [-0.25, -0.2) is 0 Å². The Labute approximate surface area is 114 Å². The van der Waals surface area contributed by atoms with Gasteiger partial charge in [-0.05, 0) is 23.8 Å². The summed E-state index contributed by atoms with van der Waals surface area (Å²) in [5.41, 5.74) is 1.65. The number of carbonyl (C=O) groups excluding carboxylic acids is 1. The summed E-state index contributed by atoms with van der Waals surface area (Å²) in [4.78, 5) is 23.3. The zero-order valence-electron chi connectivity index (χ0n) is 12.0. The number of aliphatic carboxylic acids is 1. The van der Waals surface area contributed by atoms with Gasteiger partial charge in [-0.2, -0.15) is 0 Å². The lowest BCUT2D eigenvalue weighted by Crippen LogP contribution is -2.28. The van der Waals surface area contributed by atoms with E-state index in [2.05, 4.69) is 13.8 Å². The molecule has 1 aromatic carbocycles. The van der Waals surface area contributed by atoms with Crippen LogP contribution >= 0.6 is 0 Å². The molecule has 1 aromatic rings. The quantitative estimate of drug-likeness (QED) is 0.631. The van der Waals surface area contributed by atoms with Crippen molar-refractivity contribution in [1.29, 1.82) is 0 Å². The van der Waals surface area contributed by atoms with Gasteiger partial charge in [0.05, 0.1) is 0 Å². The highest BCUT2D eigenvalue weighted by molar-refractivity contribution is 6.08. The van der Waals surface area contributed by atoms with Gasteiger partial charge in [0.25, 0.3) is 0 Å². The number of rotatable bonds is 6. The van der Waals surface area contributed by atoms with Gasteiger partial charge in [0.15, 0.2) is 5.78 Å². The average Bonchev–Trinajstić information content (AvgIpc) is 2.27. The summed E-state index contributed by atoms with van der Waals surface area (Å²) >= 11 is 0. The molecule has 0 aliphatic heterocycles. The molecule has 1 unspecified atom stereocenters. The van der Waals surface area contributed by atoms with Gasteiger partial charge < -0.3 is 5.11 Å². The Hall–Kier alpha value is -1.64. The molecular weight excluding hydrogens is 240 g/mol. The molecule has 19 heavy (non-hydrogen) atoms. The third-order valence-corrected chi connectivity index (χ3v) is 3.10. The molecule has 0 bridgehead atoms. The summed E-state index contributed by atoms with van der Waals surface area (Å²) in [7, 11) is 0. The first-order valence-electron chi connectivity index (χ1n) is 6.69. The van der Waals surface area contributed by atoms with Crippen LogP contribution in [-0.2, 0) is 11.2 Å². The molecule has 3 heteroatoms. The monoisotopic (exact) mass is 262 g/mol. The van der Waals surface area contributed by atoms with E-state index in [4.69, 9.17) is 5.11 Å². The zero-order valence-corrected chi connectivity index (χ0v) is 12.0. The molecule has 3 nitrogen and oxygen atoms in total. The van der Waals surface area contributed by atoms with Crippen LogP contribution in [0.15, 0.2) is 24.3 Å². The number of carboxylic acid groups (broad SMARTS) is 1. The van der Waals surface area contributed by atoms with E-state index in [1.165, 1.54) is 5.56 Å². The van der Waals surface area contributed by atoms with Crippen LogP contribution in [-0.4, -0.2) is 16.9 Å². The fourth-order valence-electron chi connectivity index (χ4n) is 2.16. The highest BCUT2D eigenvalue weighted by atomic mass is 16.4. The van der Waals surface area contributed by atoms with Crippen molar-refractivity contribution in [2.24, 2.45) is 17.8 Å². The van der Waals surface area contributed by atoms with Gasteiger partial charge in [-0.3, -0.25) is 9.59 Å². The third kappa shape index (κ3) is 4.19. The summed E-state index contributed by atoms with van der Waals surface area (Å²) in [5.74, 6) is -1.97. The Kier molecular flexibility index (Phi) is 5.28. The van der Waals surface area contributed by atoms with Gasteiger partial charge in [-0.1, -0.05) is 52.0 Å². The van der Waals surface area contributed by atoms with Crippen LogP contribution < -0.4 is 0 Å². The summed E-state index contributed by atoms with van der Waals surface area (Å²) < 4.78 is 0. The van der Waals surface area contributed by atoms with Crippen LogP contribution in [0.5, 0.6) is 0 Å². The van der Waals surface area contributed by atoms with Crippen LogP contribution in [0.1, 0.15) is 43.6 Å². The number of carbonyl (C=O) groups is 2. The van der Waals surface area contributed by atoms with Crippen LogP contribution in [0, 0.1) is 17.8 Å². The minimum absolute atomic E-state index is 0.208. The van der Waals surface area contributed by atoms with Crippen molar-refractivity contribution in [3.63, 3.8) is 0 Å². The van der Waals surface area contributed by atoms with E-state index in [0.29, 0.717) is 11.5 Å². The summed E-state index contributed by atoms with van der Waals surface area (Å²) in [6, 6.07) is 7.29. The van der Waals surface area contributed by atoms with Gasteiger partial charge in [0, 0.05) is 5.56 Å². The second-order valence-electron chi connectivity index (χ2n) is 5.72. The Morgan fingerprint density at radius 1 is 1.05 bits per heavy atom. The van der Waals surface area contributed by atoms with Crippen LogP contribution in [0.3, 0.4) is 0 Å². The fraction of sp³-hybridized carbons (Fsp3) is 0.500. The molecule has 104 valence electrons. The van der Waals surface area contributed by atoms with E-state index in [9.17, 15) is 9.59 Å². The fourth-order valence-corrected chi connectivity index (χ4v) is 2.16. The van der Waals surface area contributed by atoms with Crippen molar-refractivity contribution < 1.29 is 14.7 Å². The molecule has 0 heterocycles. The molecule has 1 rings (SSSR count). The Morgan fingerprint density at radius 3 is 1.95 bits per heavy atom. The first kappa shape index (κ1) is 15.4. The summed E-state index contributed by atoms with van der Waals surface area (Å²) in [5, 5.41) is 9.13. The standard InChI is InChI=1S/C16H22O3/c1-10(2)9-12-5-7-13(8-6-12)15(17)14(11(3)4)16(18)19/h5-8,10-11,14H,9H2,1-4H3,(H,18,19). The van der Waals surface area contributed by atoms with Gasteiger partial charge >= 0.3 is 5.97 Å². The number of Topliss-reactive ketones (excluding diaryl/α,β-unsaturated/α-hetero) is 1. The molecule has 0 aliphatic rings. The van der Waals surface area contributed by atoms with Crippen molar-refractivity contribution in [3.8, 4) is 0 Å². The van der Waals surface area contributed by atoms with Gasteiger partial charge in [-0.15, -0.1) is 0 Å². The minimum atomic E-state index is -1.05. The van der Waals surface area contributed by atoms with Crippen LogP contribution in [0.2, 0.25) is 0 Å². The van der Waals surface area contributed by atoms with Gasteiger partial charge in [0.2, 0.25) is 0 Å². The first-order valence-corrected chi connectivity index (χ1v) is 6.69. The Balaban J connectivity index is 2.91. The zero-order chi connectivity index (χ0) is 14.6. The first-order chi connectivity index (χ1) is 8.82. The number of benzene rings is 1. The van der Waals surface area contributed by atoms with Crippen molar-refractivity contribution in [1.82, 2.24) is 0 Å². The molecule has 0 saturated heterocycles. The maximum atomic E-state index is 12.2. The maximum Gasteiger partial charge on any atom is 0.314 e. The minimum Gasteiger partial charge on any atom is -0.481 e. The predicted molar refractivity (Wildman–Crippen MR) is 75.3 cm³/mol.